The number of hydrogen-bond donors (Lipinski definition) is 1. The van der Waals surface area contributed by atoms with E-state index in [9.17, 15) is 14.1 Å². The van der Waals surface area contributed by atoms with Crippen LogP contribution in [0.3, 0.4) is 0 Å². The molecule has 0 aromatic heterocycles. The molecule has 0 saturated heterocycles. The third-order valence-electron chi connectivity index (χ3n) is 2.74. The van der Waals surface area contributed by atoms with Crippen LogP contribution < -0.4 is 5.32 Å². The summed E-state index contributed by atoms with van der Waals surface area (Å²) < 4.78 is 16.5. The molecule has 0 fully saturated rings. The summed E-state index contributed by atoms with van der Waals surface area (Å²) in [6.45, 7) is 0. The summed E-state index contributed by atoms with van der Waals surface area (Å²) in [7, 11) is 1.29. The Morgan fingerprint density at radius 2 is 2.31 bits per heavy atom. The van der Waals surface area contributed by atoms with Crippen molar-refractivity contribution in [3.05, 3.63) is 10.6 Å². The van der Waals surface area contributed by atoms with Crippen LogP contribution in [0, 0.1) is 0 Å². The second kappa shape index (κ2) is 4.47. The molecule has 0 spiro atoms. The van der Waals surface area contributed by atoms with Crippen molar-refractivity contribution in [1.82, 2.24) is 5.32 Å². The van der Waals surface area contributed by atoms with Crippen molar-refractivity contribution in [1.29, 1.82) is 0 Å². The van der Waals surface area contributed by atoms with Crippen molar-refractivity contribution in [2.45, 2.75) is 25.3 Å². The van der Waals surface area contributed by atoms with E-state index in [-0.39, 0.29) is 11.5 Å². The lowest BCUT2D eigenvalue weighted by Gasteiger charge is -2.30. The molecule has 2 rings (SSSR count). The Morgan fingerprint density at radius 1 is 1.56 bits per heavy atom. The molecule has 0 radical (unpaired) electrons. The van der Waals surface area contributed by atoms with E-state index in [1.165, 1.54) is 7.11 Å². The number of carbonyl (C=O) groups excluding carboxylic acids is 2. The maximum Gasteiger partial charge on any atom is 0.333 e. The molecule has 1 heterocycles. The molecule has 6 heteroatoms. The van der Waals surface area contributed by atoms with Gasteiger partial charge in [0.1, 0.15) is 5.75 Å². The van der Waals surface area contributed by atoms with Crippen LogP contribution in [0.2, 0.25) is 0 Å². The molecule has 1 N–H and O–H groups in total. The van der Waals surface area contributed by atoms with E-state index in [1.807, 2.05) is 0 Å². The molecule has 2 aliphatic rings. The van der Waals surface area contributed by atoms with E-state index in [0.29, 0.717) is 23.4 Å². The number of ether oxygens (including phenoxy) is 1. The zero-order valence-electron chi connectivity index (χ0n) is 8.95. The van der Waals surface area contributed by atoms with Gasteiger partial charge in [0.2, 0.25) is 10.7 Å². The van der Waals surface area contributed by atoms with Gasteiger partial charge in [-0.3, -0.25) is 4.79 Å². The minimum Gasteiger partial charge on any atom is -0.611 e. The van der Waals surface area contributed by atoms with Crippen LogP contribution in [-0.4, -0.2) is 35.2 Å². The third-order valence-corrected chi connectivity index (χ3v) is 4.30. The predicted molar refractivity (Wildman–Crippen MR) is 57.8 cm³/mol. The van der Waals surface area contributed by atoms with Gasteiger partial charge < -0.3 is 14.6 Å². The zero-order chi connectivity index (χ0) is 11.7. The van der Waals surface area contributed by atoms with Crippen LogP contribution in [0.1, 0.15) is 19.3 Å². The molecule has 16 heavy (non-hydrogen) atoms. The molecule has 0 saturated carbocycles. The average molecular weight is 243 g/mol. The molecule has 88 valence electrons. The monoisotopic (exact) mass is 243 g/mol. The van der Waals surface area contributed by atoms with E-state index >= 15 is 0 Å². The first-order valence-electron chi connectivity index (χ1n) is 5.12. The van der Waals surface area contributed by atoms with Crippen LogP contribution in [0.5, 0.6) is 0 Å². The number of rotatable bonds is 1. The molecule has 1 aliphatic carbocycles. The molecule has 0 aromatic carbocycles. The number of methoxy groups -OCH3 is 1. The highest BCUT2D eigenvalue weighted by Crippen LogP contribution is 2.29. The first-order chi connectivity index (χ1) is 7.63. The Labute approximate surface area is 96.4 Å². The molecule has 1 unspecified atom stereocenters. The Hall–Kier alpha value is -1.01. The number of hydrogen-bond acceptors (Lipinski definition) is 5. The minimum absolute atomic E-state index is 0.0598. The summed E-state index contributed by atoms with van der Waals surface area (Å²) in [6.07, 6.45) is 1.88. The predicted octanol–water partition coefficient (Wildman–Crippen LogP) is -0.156. The van der Waals surface area contributed by atoms with Gasteiger partial charge in [0.05, 0.1) is 12.8 Å². The zero-order valence-corrected chi connectivity index (χ0v) is 9.76. The van der Waals surface area contributed by atoms with Gasteiger partial charge >= 0.3 is 5.97 Å². The van der Waals surface area contributed by atoms with Gasteiger partial charge in [0.25, 0.3) is 0 Å². The van der Waals surface area contributed by atoms with Gasteiger partial charge in [-0.2, -0.15) is 0 Å². The van der Waals surface area contributed by atoms with E-state index in [0.717, 1.165) is 6.42 Å². The van der Waals surface area contributed by atoms with Crippen molar-refractivity contribution in [3.8, 4) is 0 Å². The van der Waals surface area contributed by atoms with Crippen LogP contribution >= 0.6 is 0 Å². The molecule has 0 aromatic rings. The van der Waals surface area contributed by atoms with E-state index in [1.54, 1.807) is 0 Å². The molecule has 0 bridgehead atoms. The normalized spacial score (nSPS) is 29.5. The largest absolute Gasteiger partial charge is 0.611 e. The Balaban J connectivity index is 2.23. The highest BCUT2D eigenvalue weighted by Gasteiger charge is 2.40. The second-order valence-electron chi connectivity index (χ2n) is 3.82. The SMILES string of the molecule is COC(=O)[C@@H]1C[S+]([O-])C2=C(CCCC2=O)N1. The fraction of sp³-hybridized carbons (Fsp3) is 0.600. The summed E-state index contributed by atoms with van der Waals surface area (Å²) in [5, 5.41) is 2.96. The van der Waals surface area contributed by atoms with Crippen LogP contribution in [0.25, 0.3) is 0 Å². The number of ketones is 1. The van der Waals surface area contributed by atoms with Crippen molar-refractivity contribution < 1.29 is 18.9 Å². The number of Topliss-reactive ketones (excluding diaryl/α,β-unsaturated/α-hetero) is 1. The standard InChI is InChI=1S/C10H13NO4S/c1-15-10(13)7-5-16(14)9-6(11-7)3-2-4-8(9)12/h7,11H,2-5H2,1H3/t7-,16?/m0/s1. The molecule has 1 aliphatic heterocycles. The summed E-state index contributed by atoms with van der Waals surface area (Å²) in [4.78, 5) is 23.3. The maximum absolute atomic E-state index is 11.9. The lowest BCUT2D eigenvalue weighted by molar-refractivity contribution is -0.142. The number of esters is 1. The fourth-order valence-electron chi connectivity index (χ4n) is 1.98. The summed E-state index contributed by atoms with van der Waals surface area (Å²) in [6, 6.07) is -0.588. The van der Waals surface area contributed by atoms with Gasteiger partial charge in [-0.1, -0.05) is 0 Å². The van der Waals surface area contributed by atoms with E-state index < -0.39 is 23.2 Å². The molecule has 2 atom stereocenters. The highest BCUT2D eigenvalue weighted by atomic mass is 32.2. The molecule has 0 amide bonds. The van der Waals surface area contributed by atoms with Gasteiger partial charge in [-0.05, 0) is 24.0 Å². The van der Waals surface area contributed by atoms with Gasteiger partial charge in [-0.25, -0.2) is 4.79 Å². The highest BCUT2D eigenvalue weighted by molar-refractivity contribution is 7.96. The topological polar surface area (TPSA) is 78.5 Å². The molecular formula is C10H13NO4S. The molecular weight excluding hydrogens is 230 g/mol. The Kier molecular flexibility index (Phi) is 3.20. The summed E-state index contributed by atoms with van der Waals surface area (Å²) in [5.74, 6) is -0.370. The Morgan fingerprint density at radius 3 is 3.00 bits per heavy atom. The maximum atomic E-state index is 11.9. The van der Waals surface area contributed by atoms with Crippen molar-refractivity contribution >= 4 is 22.9 Å². The first-order valence-corrected chi connectivity index (χ1v) is 6.44. The quantitative estimate of drug-likeness (QED) is 0.511. The minimum atomic E-state index is -1.37. The van der Waals surface area contributed by atoms with Crippen LogP contribution in [0.15, 0.2) is 10.6 Å². The third kappa shape index (κ3) is 1.94. The Bertz CT molecular complexity index is 366. The van der Waals surface area contributed by atoms with Crippen molar-refractivity contribution in [3.63, 3.8) is 0 Å². The second-order valence-corrected chi connectivity index (χ2v) is 5.25. The van der Waals surface area contributed by atoms with E-state index in [2.05, 4.69) is 10.1 Å². The van der Waals surface area contributed by atoms with E-state index in [4.69, 9.17) is 0 Å². The summed E-state index contributed by atoms with van der Waals surface area (Å²) in [5.41, 5.74) is 0.663. The molecule has 5 nitrogen and oxygen atoms in total. The lowest BCUT2D eigenvalue weighted by atomic mass is 10.0. The smallest absolute Gasteiger partial charge is 0.333 e. The van der Waals surface area contributed by atoms with Crippen LogP contribution in [-0.2, 0) is 25.5 Å². The lowest BCUT2D eigenvalue weighted by Crippen LogP contribution is -2.48. The van der Waals surface area contributed by atoms with Crippen molar-refractivity contribution in [2.75, 3.05) is 12.9 Å². The number of nitrogens with one attached hydrogen (secondary N) is 1. The van der Waals surface area contributed by atoms with Gasteiger partial charge in [0, 0.05) is 6.42 Å². The van der Waals surface area contributed by atoms with Crippen LogP contribution in [0.4, 0.5) is 0 Å². The summed E-state index contributed by atoms with van der Waals surface area (Å²) >= 11 is -1.37. The van der Waals surface area contributed by atoms with Crippen molar-refractivity contribution in [2.24, 2.45) is 0 Å². The van der Waals surface area contributed by atoms with Gasteiger partial charge in [0.15, 0.2) is 6.04 Å². The fourth-order valence-corrected chi connectivity index (χ4v) is 3.46. The number of allylic oxidation sites excluding steroid dienone is 2. The average Bonchev–Trinajstić information content (AvgIpc) is 2.27. The first kappa shape index (κ1) is 11.5. The van der Waals surface area contributed by atoms with Gasteiger partial charge in [-0.15, -0.1) is 0 Å². The number of carbonyl (C=O) groups is 2.